The topological polar surface area (TPSA) is 71.1 Å². The van der Waals surface area contributed by atoms with Crippen LogP contribution in [0.3, 0.4) is 0 Å². The lowest BCUT2D eigenvalue weighted by Crippen LogP contribution is -2.14. The van der Waals surface area contributed by atoms with Crippen molar-refractivity contribution in [3.63, 3.8) is 0 Å². The summed E-state index contributed by atoms with van der Waals surface area (Å²) in [6, 6.07) is 3.32. The maximum absolute atomic E-state index is 12.2. The highest BCUT2D eigenvalue weighted by Gasteiger charge is 2.18. The Morgan fingerprint density at radius 2 is 1.60 bits per heavy atom. The third-order valence-corrected chi connectivity index (χ3v) is 3.58. The van der Waals surface area contributed by atoms with Crippen LogP contribution in [-0.4, -0.2) is 39.7 Å². The summed E-state index contributed by atoms with van der Waals surface area (Å²) in [7, 11) is 4.50. The number of ether oxygens (including phenoxy) is 4. The second-order valence-corrected chi connectivity index (χ2v) is 5.42. The molecule has 0 radical (unpaired) electrons. The summed E-state index contributed by atoms with van der Waals surface area (Å²) in [6.45, 7) is 3.69. The number of carbonyl (C=O) groups excluding carboxylic acids is 2. The molecular formula is C19H26O6. The Bertz CT molecular complexity index is 608. The fourth-order valence-electron chi connectivity index (χ4n) is 2.25. The molecule has 0 N–H and O–H groups in total. The molecule has 0 bridgehead atoms. The third-order valence-electron chi connectivity index (χ3n) is 3.58. The fourth-order valence-corrected chi connectivity index (χ4v) is 2.25. The summed E-state index contributed by atoms with van der Waals surface area (Å²) >= 11 is 0. The number of methoxy groups -OCH3 is 3. The lowest BCUT2D eigenvalue weighted by Gasteiger charge is -2.13. The van der Waals surface area contributed by atoms with Crippen molar-refractivity contribution in [1.29, 1.82) is 0 Å². The number of unbranched alkanes of at least 4 members (excludes halogenated alkanes) is 2. The van der Waals surface area contributed by atoms with E-state index in [1.54, 1.807) is 12.1 Å². The van der Waals surface area contributed by atoms with Crippen LogP contribution < -0.4 is 14.2 Å². The molecule has 0 spiro atoms. The zero-order valence-electron chi connectivity index (χ0n) is 15.5. The van der Waals surface area contributed by atoms with Crippen LogP contribution >= 0.6 is 0 Å². The quantitative estimate of drug-likeness (QED) is 0.212. The average molecular weight is 350 g/mol. The molecule has 0 heterocycles. The molecule has 0 aliphatic carbocycles. The molecule has 138 valence electrons. The van der Waals surface area contributed by atoms with Gasteiger partial charge in [-0.2, -0.15) is 0 Å². The summed E-state index contributed by atoms with van der Waals surface area (Å²) in [4.78, 5) is 24.0. The SMILES string of the molecule is CCCCCOC(=O)/C(=C/c1cc(OC)c(OC)c(OC)c1)C(C)=O. The number of Topliss-reactive ketones (excluding diaryl/α,β-unsaturated/α-hetero) is 1. The van der Waals surface area contributed by atoms with Gasteiger partial charge < -0.3 is 18.9 Å². The molecule has 0 saturated carbocycles. The zero-order chi connectivity index (χ0) is 18.8. The number of benzene rings is 1. The van der Waals surface area contributed by atoms with Gasteiger partial charge in [-0.1, -0.05) is 19.8 Å². The third kappa shape index (κ3) is 5.81. The van der Waals surface area contributed by atoms with E-state index in [0.29, 0.717) is 29.4 Å². The van der Waals surface area contributed by atoms with Gasteiger partial charge in [0.05, 0.1) is 27.9 Å². The molecule has 1 aromatic carbocycles. The highest BCUT2D eigenvalue weighted by Crippen LogP contribution is 2.38. The molecule has 1 aromatic rings. The monoisotopic (exact) mass is 350 g/mol. The molecule has 0 atom stereocenters. The van der Waals surface area contributed by atoms with Crippen LogP contribution in [0.1, 0.15) is 38.7 Å². The van der Waals surface area contributed by atoms with Crippen LogP contribution in [0.25, 0.3) is 6.08 Å². The molecule has 0 unspecified atom stereocenters. The van der Waals surface area contributed by atoms with Crippen LogP contribution in [0.5, 0.6) is 17.2 Å². The van der Waals surface area contributed by atoms with Crippen LogP contribution in [0.2, 0.25) is 0 Å². The first-order chi connectivity index (χ1) is 12.0. The van der Waals surface area contributed by atoms with E-state index in [0.717, 1.165) is 19.3 Å². The first kappa shape index (κ1) is 20.5. The van der Waals surface area contributed by atoms with Crippen molar-refractivity contribution in [2.45, 2.75) is 33.1 Å². The Labute approximate surface area is 148 Å². The maximum atomic E-state index is 12.2. The number of carbonyl (C=O) groups is 2. The van der Waals surface area contributed by atoms with E-state index in [2.05, 4.69) is 6.92 Å². The van der Waals surface area contributed by atoms with Gasteiger partial charge in [0.2, 0.25) is 5.75 Å². The number of hydrogen-bond acceptors (Lipinski definition) is 6. The van der Waals surface area contributed by atoms with E-state index in [9.17, 15) is 9.59 Å². The molecule has 0 aliphatic heterocycles. The van der Waals surface area contributed by atoms with Gasteiger partial charge in [-0.05, 0) is 37.1 Å². The Morgan fingerprint density at radius 3 is 2.04 bits per heavy atom. The van der Waals surface area contributed by atoms with E-state index < -0.39 is 5.97 Å². The minimum Gasteiger partial charge on any atom is -0.493 e. The summed E-state index contributed by atoms with van der Waals surface area (Å²) in [5.74, 6) is 0.319. The van der Waals surface area contributed by atoms with Crippen molar-refractivity contribution in [2.24, 2.45) is 0 Å². The van der Waals surface area contributed by atoms with E-state index >= 15 is 0 Å². The minimum absolute atomic E-state index is 0.0224. The smallest absolute Gasteiger partial charge is 0.341 e. The normalized spacial score (nSPS) is 11.0. The highest BCUT2D eigenvalue weighted by atomic mass is 16.5. The van der Waals surface area contributed by atoms with Gasteiger partial charge in [-0.15, -0.1) is 0 Å². The van der Waals surface area contributed by atoms with Gasteiger partial charge in [-0.25, -0.2) is 4.79 Å². The first-order valence-corrected chi connectivity index (χ1v) is 8.18. The largest absolute Gasteiger partial charge is 0.493 e. The van der Waals surface area contributed by atoms with Crippen LogP contribution in [0.15, 0.2) is 17.7 Å². The number of esters is 1. The summed E-state index contributed by atoms with van der Waals surface area (Å²) in [6.07, 6.45) is 4.24. The van der Waals surface area contributed by atoms with E-state index in [1.165, 1.54) is 34.3 Å². The highest BCUT2D eigenvalue weighted by molar-refractivity contribution is 6.19. The summed E-state index contributed by atoms with van der Waals surface area (Å²) < 4.78 is 21.0. The van der Waals surface area contributed by atoms with Crippen LogP contribution in [0.4, 0.5) is 0 Å². The Kier molecular flexibility index (Phi) is 8.53. The summed E-state index contributed by atoms with van der Waals surface area (Å²) in [5.41, 5.74) is 0.552. The lowest BCUT2D eigenvalue weighted by molar-refractivity contribution is -0.140. The van der Waals surface area contributed by atoms with Crippen molar-refractivity contribution in [2.75, 3.05) is 27.9 Å². The van der Waals surface area contributed by atoms with Gasteiger partial charge >= 0.3 is 5.97 Å². The van der Waals surface area contributed by atoms with Gasteiger partial charge in [0.25, 0.3) is 0 Å². The van der Waals surface area contributed by atoms with Crippen LogP contribution in [-0.2, 0) is 14.3 Å². The van der Waals surface area contributed by atoms with E-state index in [1.807, 2.05) is 0 Å². The Morgan fingerprint density at radius 1 is 1.00 bits per heavy atom. The van der Waals surface area contributed by atoms with Gasteiger partial charge in [0, 0.05) is 0 Å². The first-order valence-electron chi connectivity index (χ1n) is 8.18. The van der Waals surface area contributed by atoms with Crippen molar-refractivity contribution >= 4 is 17.8 Å². The minimum atomic E-state index is -0.627. The predicted molar refractivity (Wildman–Crippen MR) is 95.2 cm³/mol. The van der Waals surface area contributed by atoms with Crippen molar-refractivity contribution < 1.29 is 28.5 Å². The molecule has 0 amide bonds. The van der Waals surface area contributed by atoms with Crippen molar-refractivity contribution in [1.82, 2.24) is 0 Å². The fraction of sp³-hybridized carbons (Fsp3) is 0.474. The molecule has 0 fully saturated rings. The van der Waals surface area contributed by atoms with Gasteiger partial charge in [0.15, 0.2) is 17.3 Å². The predicted octanol–water partition coefficient (Wildman–Crippen LogP) is 3.42. The molecule has 0 aromatic heterocycles. The molecule has 0 saturated heterocycles. The summed E-state index contributed by atoms with van der Waals surface area (Å²) in [5, 5.41) is 0. The van der Waals surface area contributed by atoms with Crippen molar-refractivity contribution in [3.8, 4) is 17.2 Å². The molecule has 1 rings (SSSR count). The van der Waals surface area contributed by atoms with E-state index in [-0.39, 0.29) is 11.4 Å². The molecule has 6 nitrogen and oxygen atoms in total. The number of hydrogen-bond donors (Lipinski definition) is 0. The Hall–Kier alpha value is -2.50. The lowest BCUT2D eigenvalue weighted by atomic mass is 10.1. The molecule has 0 aliphatic rings. The van der Waals surface area contributed by atoms with Crippen molar-refractivity contribution in [3.05, 3.63) is 23.3 Å². The standard InChI is InChI=1S/C19H26O6/c1-6-7-8-9-25-19(21)15(13(2)20)10-14-11-16(22-3)18(24-5)17(12-14)23-4/h10-12H,6-9H2,1-5H3/b15-10+. The van der Waals surface area contributed by atoms with Gasteiger partial charge in [0.1, 0.15) is 5.57 Å². The molecule has 25 heavy (non-hydrogen) atoms. The molecule has 6 heteroatoms. The molecular weight excluding hydrogens is 324 g/mol. The van der Waals surface area contributed by atoms with Crippen LogP contribution in [0, 0.1) is 0 Å². The average Bonchev–Trinajstić information content (AvgIpc) is 2.61. The number of ketones is 1. The maximum Gasteiger partial charge on any atom is 0.341 e. The number of rotatable bonds is 10. The van der Waals surface area contributed by atoms with Gasteiger partial charge in [-0.3, -0.25) is 4.79 Å². The Balaban J connectivity index is 3.13. The van der Waals surface area contributed by atoms with E-state index in [4.69, 9.17) is 18.9 Å². The second kappa shape index (κ2) is 10.4. The zero-order valence-corrected chi connectivity index (χ0v) is 15.5. The second-order valence-electron chi connectivity index (χ2n) is 5.42.